The number of halogens is 3. The average Bonchev–Trinajstić information content (AvgIpc) is 2.89. The standard InChI is InChI=1S/C14H12F3NO3/c1-2-10-9-6-12-11(20-7-21-12)5-8(9)3-4-18(10)13(19)14(15,16)17/h2,5-6,10H,1,3-4,7H2/t10-/m0/s1. The summed E-state index contributed by atoms with van der Waals surface area (Å²) < 4.78 is 48.5. The molecule has 0 radical (unpaired) electrons. The van der Waals surface area contributed by atoms with E-state index < -0.39 is 18.1 Å². The minimum atomic E-state index is -4.89. The Labute approximate surface area is 118 Å². The number of rotatable bonds is 1. The predicted molar refractivity (Wildman–Crippen MR) is 67.0 cm³/mol. The van der Waals surface area contributed by atoms with Gasteiger partial charge in [-0.15, -0.1) is 6.58 Å². The van der Waals surface area contributed by atoms with Crippen molar-refractivity contribution in [2.45, 2.75) is 18.6 Å². The molecular formula is C14H12F3NO3. The van der Waals surface area contributed by atoms with Crippen LogP contribution in [0.3, 0.4) is 0 Å². The summed E-state index contributed by atoms with van der Waals surface area (Å²) in [6.07, 6.45) is -3.23. The van der Waals surface area contributed by atoms with E-state index in [1.165, 1.54) is 6.08 Å². The maximum absolute atomic E-state index is 12.7. The van der Waals surface area contributed by atoms with E-state index in [9.17, 15) is 18.0 Å². The first-order valence-corrected chi connectivity index (χ1v) is 6.34. The van der Waals surface area contributed by atoms with Crippen LogP contribution in [0, 0.1) is 0 Å². The molecule has 0 spiro atoms. The zero-order valence-electron chi connectivity index (χ0n) is 10.9. The van der Waals surface area contributed by atoms with E-state index in [0.717, 1.165) is 10.5 Å². The molecule has 0 saturated carbocycles. The highest BCUT2D eigenvalue weighted by molar-refractivity contribution is 5.83. The molecule has 1 aromatic carbocycles. The van der Waals surface area contributed by atoms with Crippen LogP contribution in [0.4, 0.5) is 13.2 Å². The van der Waals surface area contributed by atoms with Crippen LogP contribution in [0.1, 0.15) is 17.2 Å². The van der Waals surface area contributed by atoms with E-state index in [2.05, 4.69) is 6.58 Å². The first kappa shape index (κ1) is 13.8. The van der Waals surface area contributed by atoms with Gasteiger partial charge in [0.05, 0.1) is 6.04 Å². The van der Waals surface area contributed by atoms with Crippen LogP contribution < -0.4 is 9.47 Å². The second-order valence-electron chi connectivity index (χ2n) is 4.83. The fraction of sp³-hybridized carbons (Fsp3) is 0.357. The Balaban J connectivity index is 2.01. The lowest BCUT2D eigenvalue weighted by atomic mass is 9.91. The Hall–Kier alpha value is -2.18. The molecule has 0 unspecified atom stereocenters. The van der Waals surface area contributed by atoms with Crippen molar-refractivity contribution in [2.75, 3.05) is 13.3 Å². The molecule has 21 heavy (non-hydrogen) atoms. The zero-order valence-corrected chi connectivity index (χ0v) is 10.9. The molecule has 0 aliphatic carbocycles. The van der Waals surface area contributed by atoms with E-state index in [-0.39, 0.29) is 13.3 Å². The van der Waals surface area contributed by atoms with Crippen molar-refractivity contribution in [1.82, 2.24) is 4.90 Å². The molecule has 1 atom stereocenters. The van der Waals surface area contributed by atoms with Gasteiger partial charge in [0.15, 0.2) is 11.5 Å². The second kappa shape index (κ2) is 4.68. The predicted octanol–water partition coefficient (Wildman–Crippen LogP) is 2.59. The monoisotopic (exact) mass is 299 g/mol. The van der Waals surface area contributed by atoms with E-state index in [1.807, 2.05) is 0 Å². The van der Waals surface area contributed by atoms with Gasteiger partial charge in [-0.05, 0) is 29.7 Å². The van der Waals surface area contributed by atoms with E-state index in [4.69, 9.17) is 9.47 Å². The van der Waals surface area contributed by atoms with Crippen molar-refractivity contribution in [3.8, 4) is 11.5 Å². The summed E-state index contributed by atoms with van der Waals surface area (Å²) in [5.74, 6) is -0.801. The third-order valence-electron chi connectivity index (χ3n) is 3.64. The Morgan fingerprint density at radius 1 is 1.33 bits per heavy atom. The molecule has 0 N–H and O–H groups in total. The smallest absolute Gasteiger partial charge is 0.454 e. The summed E-state index contributed by atoms with van der Waals surface area (Å²) in [7, 11) is 0. The van der Waals surface area contributed by atoms with Gasteiger partial charge in [0.2, 0.25) is 6.79 Å². The number of hydrogen-bond acceptors (Lipinski definition) is 3. The van der Waals surface area contributed by atoms with E-state index in [1.54, 1.807) is 12.1 Å². The number of benzene rings is 1. The first-order chi connectivity index (χ1) is 9.91. The topological polar surface area (TPSA) is 38.8 Å². The Morgan fingerprint density at radius 2 is 2.00 bits per heavy atom. The molecule has 2 aliphatic rings. The SMILES string of the molecule is C=C[C@H]1c2cc3c(cc2CCN1C(=O)C(F)(F)F)OCO3. The Morgan fingerprint density at radius 3 is 2.62 bits per heavy atom. The number of fused-ring (bicyclic) bond motifs is 2. The average molecular weight is 299 g/mol. The quantitative estimate of drug-likeness (QED) is 0.748. The fourth-order valence-electron chi connectivity index (χ4n) is 2.68. The van der Waals surface area contributed by atoms with Gasteiger partial charge < -0.3 is 14.4 Å². The molecule has 0 saturated heterocycles. The number of hydrogen-bond donors (Lipinski definition) is 0. The summed E-state index contributed by atoms with van der Waals surface area (Å²) in [6, 6.07) is 2.56. The molecule has 2 heterocycles. The number of amides is 1. The summed E-state index contributed by atoms with van der Waals surface area (Å²) in [5.41, 5.74) is 1.44. The lowest BCUT2D eigenvalue weighted by Gasteiger charge is -2.36. The van der Waals surface area contributed by atoms with Crippen LogP contribution in [-0.2, 0) is 11.2 Å². The van der Waals surface area contributed by atoms with E-state index in [0.29, 0.717) is 23.5 Å². The van der Waals surface area contributed by atoms with Gasteiger partial charge in [-0.2, -0.15) is 13.2 Å². The van der Waals surface area contributed by atoms with Gasteiger partial charge in [-0.1, -0.05) is 6.08 Å². The second-order valence-corrected chi connectivity index (χ2v) is 4.83. The van der Waals surface area contributed by atoms with Crippen LogP contribution in [0.5, 0.6) is 11.5 Å². The van der Waals surface area contributed by atoms with Gasteiger partial charge in [-0.3, -0.25) is 4.79 Å². The zero-order chi connectivity index (χ0) is 15.2. The minimum Gasteiger partial charge on any atom is -0.454 e. The first-order valence-electron chi connectivity index (χ1n) is 6.34. The summed E-state index contributed by atoms with van der Waals surface area (Å²) in [5, 5.41) is 0. The van der Waals surface area contributed by atoms with Crippen LogP contribution >= 0.6 is 0 Å². The van der Waals surface area contributed by atoms with Gasteiger partial charge in [0.25, 0.3) is 0 Å². The van der Waals surface area contributed by atoms with Gasteiger partial charge in [-0.25, -0.2) is 0 Å². The number of ether oxygens (including phenoxy) is 2. The maximum Gasteiger partial charge on any atom is 0.471 e. The van der Waals surface area contributed by atoms with Crippen molar-refractivity contribution in [3.05, 3.63) is 35.9 Å². The highest BCUT2D eigenvalue weighted by Crippen LogP contribution is 2.41. The Kier molecular flexibility index (Phi) is 3.07. The van der Waals surface area contributed by atoms with Crippen molar-refractivity contribution >= 4 is 5.91 Å². The van der Waals surface area contributed by atoms with Crippen LogP contribution in [0.25, 0.3) is 0 Å². The summed E-state index contributed by atoms with van der Waals surface area (Å²) in [4.78, 5) is 12.3. The van der Waals surface area contributed by atoms with Crippen LogP contribution in [-0.4, -0.2) is 30.3 Å². The van der Waals surface area contributed by atoms with Crippen molar-refractivity contribution in [3.63, 3.8) is 0 Å². The molecule has 112 valence electrons. The highest BCUT2D eigenvalue weighted by atomic mass is 19.4. The van der Waals surface area contributed by atoms with Gasteiger partial charge in [0, 0.05) is 6.54 Å². The molecule has 0 bridgehead atoms. The lowest BCUT2D eigenvalue weighted by Crippen LogP contribution is -2.46. The van der Waals surface area contributed by atoms with Crippen LogP contribution in [0.2, 0.25) is 0 Å². The van der Waals surface area contributed by atoms with Crippen molar-refractivity contribution in [1.29, 1.82) is 0 Å². The van der Waals surface area contributed by atoms with Crippen molar-refractivity contribution < 1.29 is 27.4 Å². The molecule has 2 aliphatic heterocycles. The normalized spacial score (nSPS) is 20.1. The van der Waals surface area contributed by atoms with Crippen LogP contribution in [0.15, 0.2) is 24.8 Å². The molecule has 1 amide bonds. The third kappa shape index (κ3) is 2.22. The van der Waals surface area contributed by atoms with Gasteiger partial charge >= 0.3 is 12.1 Å². The van der Waals surface area contributed by atoms with Crippen molar-refractivity contribution in [2.24, 2.45) is 0 Å². The largest absolute Gasteiger partial charge is 0.471 e. The lowest BCUT2D eigenvalue weighted by molar-refractivity contribution is -0.187. The minimum absolute atomic E-state index is 0.0122. The number of alkyl halides is 3. The molecule has 0 aromatic heterocycles. The molecule has 4 nitrogen and oxygen atoms in total. The maximum atomic E-state index is 12.7. The molecule has 3 rings (SSSR count). The van der Waals surface area contributed by atoms with E-state index >= 15 is 0 Å². The van der Waals surface area contributed by atoms with Gasteiger partial charge in [0.1, 0.15) is 0 Å². The highest BCUT2D eigenvalue weighted by Gasteiger charge is 2.45. The molecular weight excluding hydrogens is 287 g/mol. The number of carbonyl (C=O) groups is 1. The number of carbonyl (C=O) groups excluding carboxylic acids is 1. The summed E-state index contributed by atoms with van der Waals surface area (Å²) >= 11 is 0. The number of nitrogens with zero attached hydrogens (tertiary/aromatic N) is 1. The summed E-state index contributed by atoms with van der Waals surface area (Å²) in [6.45, 7) is 3.63. The third-order valence-corrected chi connectivity index (χ3v) is 3.64. The molecule has 1 aromatic rings. The molecule has 0 fully saturated rings. The molecule has 7 heteroatoms. The Bertz CT molecular complexity index is 612. The fourth-order valence-corrected chi connectivity index (χ4v) is 2.68.